The van der Waals surface area contributed by atoms with Gasteiger partial charge in [0, 0.05) is 25.0 Å². The minimum Gasteiger partial charge on any atom is -0.317 e. The molecule has 0 spiro atoms. The molecular weight excluding hydrogens is 222 g/mol. The molecule has 0 aliphatic rings. The summed E-state index contributed by atoms with van der Waals surface area (Å²) in [5, 5.41) is 7.66. The molecule has 1 aromatic heterocycles. The summed E-state index contributed by atoms with van der Waals surface area (Å²) in [6.07, 6.45) is 12.4. The lowest BCUT2D eigenvalue weighted by Crippen LogP contribution is -2.26. The second-order valence-corrected chi connectivity index (χ2v) is 5.17. The summed E-state index contributed by atoms with van der Waals surface area (Å²) in [5.41, 5.74) is 1.33. The number of hydrogen-bond acceptors (Lipinski definition) is 2. The largest absolute Gasteiger partial charge is 0.317 e. The van der Waals surface area contributed by atoms with Gasteiger partial charge in [-0.05, 0) is 32.4 Å². The fraction of sp³-hybridized carbons (Fsp3) is 0.800. The Hall–Kier alpha value is -0.830. The van der Waals surface area contributed by atoms with E-state index in [1.807, 2.05) is 17.9 Å². The number of nitrogens with zero attached hydrogens (tertiary/aromatic N) is 2. The van der Waals surface area contributed by atoms with Crippen LogP contribution in [0, 0.1) is 0 Å². The zero-order chi connectivity index (χ0) is 13.2. The van der Waals surface area contributed by atoms with Gasteiger partial charge in [-0.25, -0.2) is 0 Å². The smallest absolute Gasteiger partial charge is 0.0492 e. The van der Waals surface area contributed by atoms with Gasteiger partial charge in [-0.3, -0.25) is 4.68 Å². The molecule has 1 unspecified atom stereocenters. The van der Waals surface area contributed by atoms with Crippen LogP contribution in [-0.2, 0) is 13.5 Å². The Balaban J connectivity index is 2.15. The molecule has 0 aromatic carbocycles. The molecule has 0 bridgehead atoms. The van der Waals surface area contributed by atoms with Crippen molar-refractivity contribution in [2.75, 3.05) is 7.05 Å². The normalized spacial score (nSPS) is 12.8. The first-order valence-corrected chi connectivity index (χ1v) is 7.42. The summed E-state index contributed by atoms with van der Waals surface area (Å²) in [7, 11) is 4.11. The second-order valence-electron chi connectivity index (χ2n) is 5.17. The SMILES string of the molecule is CCCCCCCC(CCc1ccnn1C)NC. The van der Waals surface area contributed by atoms with E-state index < -0.39 is 0 Å². The summed E-state index contributed by atoms with van der Waals surface area (Å²) in [4.78, 5) is 0. The molecule has 0 saturated carbocycles. The van der Waals surface area contributed by atoms with E-state index >= 15 is 0 Å². The highest BCUT2D eigenvalue weighted by Gasteiger charge is 2.07. The van der Waals surface area contributed by atoms with Crippen LogP contribution in [0.15, 0.2) is 12.3 Å². The predicted octanol–water partition coefficient (Wildman–Crippen LogP) is 3.30. The Kier molecular flexibility index (Phi) is 7.74. The molecule has 0 aliphatic carbocycles. The fourth-order valence-electron chi connectivity index (χ4n) is 2.40. The van der Waals surface area contributed by atoms with Crippen molar-refractivity contribution >= 4 is 0 Å². The van der Waals surface area contributed by atoms with Crippen LogP contribution in [0.25, 0.3) is 0 Å². The van der Waals surface area contributed by atoms with Gasteiger partial charge in [0.15, 0.2) is 0 Å². The van der Waals surface area contributed by atoms with Gasteiger partial charge in [0.25, 0.3) is 0 Å². The van der Waals surface area contributed by atoms with Gasteiger partial charge in [-0.15, -0.1) is 0 Å². The maximum absolute atomic E-state index is 4.21. The van der Waals surface area contributed by atoms with Gasteiger partial charge in [0.05, 0.1) is 0 Å². The Morgan fingerprint density at radius 2 is 2.00 bits per heavy atom. The first-order chi connectivity index (χ1) is 8.77. The number of nitrogens with one attached hydrogen (secondary N) is 1. The molecule has 3 heteroatoms. The Labute approximate surface area is 112 Å². The van der Waals surface area contributed by atoms with E-state index in [0.717, 1.165) is 6.42 Å². The van der Waals surface area contributed by atoms with Crippen LogP contribution in [0.3, 0.4) is 0 Å². The van der Waals surface area contributed by atoms with E-state index in [9.17, 15) is 0 Å². The molecule has 0 radical (unpaired) electrons. The van der Waals surface area contributed by atoms with Crippen LogP contribution >= 0.6 is 0 Å². The number of rotatable bonds is 10. The van der Waals surface area contributed by atoms with Crippen LogP contribution in [-0.4, -0.2) is 22.9 Å². The number of hydrogen-bond donors (Lipinski definition) is 1. The van der Waals surface area contributed by atoms with Gasteiger partial charge < -0.3 is 5.32 Å². The lowest BCUT2D eigenvalue weighted by Gasteiger charge is -2.16. The molecule has 0 amide bonds. The van der Waals surface area contributed by atoms with Crippen LogP contribution in [0.5, 0.6) is 0 Å². The Morgan fingerprint density at radius 3 is 2.61 bits per heavy atom. The van der Waals surface area contributed by atoms with E-state index in [1.54, 1.807) is 0 Å². The Morgan fingerprint density at radius 1 is 1.22 bits per heavy atom. The van der Waals surface area contributed by atoms with E-state index in [4.69, 9.17) is 0 Å². The summed E-state index contributed by atoms with van der Waals surface area (Å²) < 4.78 is 1.98. The summed E-state index contributed by atoms with van der Waals surface area (Å²) >= 11 is 0. The van der Waals surface area contributed by atoms with Crippen molar-refractivity contribution in [3.05, 3.63) is 18.0 Å². The van der Waals surface area contributed by atoms with Crippen molar-refractivity contribution in [1.29, 1.82) is 0 Å². The molecule has 1 aromatic rings. The van der Waals surface area contributed by atoms with Crippen LogP contribution < -0.4 is 5.32 Å². The summed E-state index contributed by atoms with van der Waals surface area (Å²) in [6.45, 7) is 2.27. The van der Waals surface area contributed by atoms with Gasteiger partial charge >= 0.3 is 0 Å². The van der Waals surface area contributed by atoms with Crippen molar-refractivity contribution in [3.8, 4) is 0 Å². The van der Waals surface area contributed by atoms with E-state index in [-0.39, 0.29) is 0 Å². The van der Waals surface area contributed by atoms with Crippen molar-refractivity contribution < 1.29 is 0 Å². The maximum Gasteiger partial charge on any atom is 0.0492 e. The first-order valence-electron chi connectivity index (χ1n) is 7.42. The lowest BCUT2D eigenvalue weighted by atomic mass is 10.0. The molecule has 18 heavy (non-hydrogen) atoms. The summed E-state index contributed by atoms with van der Waals surface area (Å²) in [5.74, 6) is 0. The van der Waals surface area contributed by atoms with Crippen LogP contribution in [0.2, 0.25) is 0 Å². The molecular formula is C15H29N3. The van der Waals surface area contributed by atoms with Crippen LogP contribution in [0.1, 0.15) is 57.6 Å². The van der Waals surface area contributed by atoms with Crippen molar-refractivity contribution in [2.45, 2.75) is 64.3 Å². The molecule has 104 valence electrons. The third kappa shape index (κ3) is 5.67. The molecule has 1 rings (SSSR count). The molecule has 0 saturated heterocycles. The van der Waals surface area contributed by atoms with E-state index in [0.29, 0.717) is 6.04 Å². The predicted molar refractivity (Wildman–Crippen MR) is 77.8 cm³/mol. The topological polar surface area (TPSA) is 29.9 Å². The average molecular weight is 251 g/mol. The highest BCUT2D eigenvalue weighted by atomic mass is 15.2. The standard InChI is InChI=1S/C15H29N3/c1-4-5-6-7-8-9-14(16-2)10-11-15-12-13-17-18(15)3/h12-14,16H,4-11H2,1-3H3. The monoisotopic (exact) mass is 251 g/mol. The average Bonchev–Trinajstić information content (AvgIpc) is 2.78. The number of unbranched alkanes of at least 4 members (excludes halogenated alkanes) is 4. The van der Waals surface area contributed by atoms with Crippen molar-refractivity contribution in [3.63, 3.8) is 0 Å². The van der Waals surface area contributed by atoms with Crippen molar-refractivity contribution in [1.82, 2.24) is 15.1 Å². The van der Waals surface area contributed by atoms with Gasteiger partial charge in [0.2, 0.25) is 0 Å². The first kappa shape index (κ1) is 15.2. The number of aryl methyl sites for hydroxylation is 2. The molecule has 1 N–H and O–H groups in total. The van der Waals surface area contributed by atoms with E-state index in [1.165, 1.54) is 50.6 Å². The summed E-state index contributed by atoms with van der Waals surface area (Å²) in [6, 6.07) is 2.77. The second kappa shape index (κ2) is 9.15. The Bertz CT molecular complexity index is 306. The zero-order valence-electron chi connectivity index (χ0n) is 12.3. The molecule has 3 nitrogen and oxygen atoms in total. The fourth-order valence-corrected chi connectivity index (χ4v) is 2.40. The van der Waals surface area contributed by atoms with E-state index in [2.05, 4.69) is 30.5 Å². The third-order valence-corrected chi connectivity index (χ3v) is 3.74. The van der Waals surface area contributed by atoms with Gasteiger partial charge in [0.1, 0.15) is 0 Å². The molecule has 0 aliphatic heterocycles. The minimum atomic E-state index is 0.654. The van der Waals surface area contributed by atoms with Crippen LogP contribution in [0.4, 0.5) is 0 Å². The molecule has 1 atom stereocenters. The highest BCUT2D eigenvalue weighted by molar-refractivity contribution is 5.00. The maximum atomic E-state index is 4.21. The molecule has 0 fully saturated rings. The zero-order valence-corrected chi connectivity index (χ0v) is 12.3. The molecule has 1 heterocycles. The van der Waals surface area contributed by atoms with Crippen molar-refractivity contribution in [2.24, 2.45) is 7.05 Å². The lowest BCUT2D eigenvalue weighted by molar-refractivity contribution is 0.454. The minimum absolute atomic E-state index is 0.654. The highest BCUT2D eigenvalue weighted by Crippen LogP contribution is 2.11. The third-order valence-electron chi connectivity index (χ3n) is 3.74. The quantitative estimate of drug-likeness (QED) is 0.647. The van der Waals surface area contributed by atoms with Gasteiger partial charge in [-0.1, -0.05) is 39.0 Å². The number of aromatic nitrogens is 2. The van der Waals surface area contributed by atoms with Gasteiger partial charge in [-0.2, -0.15) is 5.10 Å².